The molecule has 1 aromatic carbocycles. The Labute approximate surface area is 165 Å². The second kappa shape index (κ2) is 9.08. The molecule has 1 aliphatic carbocycles. The van der Waals surface area contributed by atoms with Crippen molar-refractivity contribution >= 4 is 18.0 Å². The summed E-state index contributed by atoms with van der Waals surface area (Å²) in [7, 11) is 1.67. The normalized spacial score (nSPS) is 24.6. The van der Waals surface area contributed by atoms with Crippen molar-refractivity contribution in [2.75, 3.05) is 13.6 Å². The smallest absolute Gasteiger partial charge is 0.410 e. The predicted octanol–water partition coefficient (Wildman–Crippen LogP) is 2.89. The molecule has 0 spiro atoms. The Hall–Kier alpha value is -2.57. The van der Waals surface area contributed by atoms with Crippen LogP contribution < -0.4 is 0 Å². The van der Waals surface area contributed by atoms with Gasteiger partial charge in [0, 0.05) is 19.6 Å². The highest BCUT2D eigenvalue weighted by Gasteiger charge is 2.42. The second-order valence-corrected chi connectivity index (χ2v) is 7.64. The summed E-state index contributed by atoms with van der Waals surface area (Å²) in [5.41, 5.74) is 0.905. The van der Waals surface area contributed by atoms with Crippen LogP contribution in [0.5, 0.6) is 0 Å². The minimum atomic E-state index is -0.950. The molecule has 1 saturated carbocycles. The summed E-state index contributed by atoms with van der Waals surface area (Å²) in [5, 5.41) is 9.39. The quantitative estimate of drug-likeness (QED) is 0.838. The van der Waals surface area contributed by atoms with E-state index in [1.807, 2.05) is 30.3 Å². The predicted molar refractivity (Wildman–Crippen MR) is 103 cm³/mol. The Kier molecular flexibility index (Phi) is 6.54. The number of hydrogen-bond donors (Lipinski definition) is 1. The summed E-state index contributed by atoms with van der Waals surface area (Å²) >= 11 is 0. The molecule has 1 heterocycles. The number of aliphatic carboxylic acids is 1. The monoisotopic (exact) mass is 388 g/mol. The molecule has 28 heavy (non-hydrogen) atoms. The third-order valence-corrected chi connectivity index (χ3v) is 5.86. The van der Waals surface area contributed by atoms with Crippen LogP contribution in [-0.4, -0.2) is 58.6 Å². The molecule has 1 aromatic rings. The van der Waals surface area contributed by atoms with Gasteiger partial charge >= 0.3 is 12.1 Å². The van der Waals surface area contributed by atoms with Gasteiger partial charge in [0.25, 0.3) is 0 Å². The molecule has 152 valence electrons. The van der Waals surface area contributed by atoms with E-state index in [0.717, 1.165) is 24.8 Å². The Morgan fingerprint density at radius 3 is 2.54 bits per heavy atom. The molecule has 0 bridgehead atoms. The van der Waals surface area contributed by atoms with Crippen molar-refractivity contribution in [3.05, 3.63) is 35.9 Å². The average Bonchev–Trinajstić information content (AvgIpc) is 3.22. The first-order valence-electron chi connectivity index (χ1n) is 9.96. The number of rotatable bonds is 5. The minimum absolute atomic E-state index is 0.141. The van der Waals surface area contributed by atoms with Gasteiger partial charge in [0.2, 0.25) is 5.91 Å². The summed E-state index contributed by atoms with van der Waals surface area (Å²) in [6.45, 7) is 0.656. The van der Waals surface area contributed by atoms with Gasteiger partial charge in [-0.15, -0.1) is 0 Å². The van der Waals surface area contributed by atoms with Crippen LogP contribution in [0.4, 0.5) is 4.79 Å². The highest BCUT2D eigenvalue weighted by Crippen LogP contribution is 2.32. The van der Waals surface area contributed by atoms with Crippen LogP contribution in [0, 0.1) is 5.92 Å². The van der Waals surface area contributed by atoms with Crippen molar-refractivity contribution in [1.29, 1.82) is 0 Å². The lowest BCUT2D eigenvalue weighted by atomic mass is 9.82. The second-order valence-electron chi connectivity index (χ2n) is 7.64. The van der Waals surface area contributed by atoms with Crippen LogP contribution in [0.1, 0.15) is 44.1 Å². The van der Waals surface area contributed by atoms with Gasteiger partial charge in [-0.3, -0.25) is 4.79 Å². The standard InChI is InChI=1S/C21H28N2O5/c1-22(21(27)28-14-15-8-3-2-4-9-15)17-11-6-5-10-16(17)19(24)23-13-7-12-18(23)20(25)26/h2-4,8-9,16-18H,5-7,10-14H2,1H3,(H,25,26)/t16?,17?,18-/m0/s1. The van der Waals surface area contributed by atoms with Gasteiger partial charge in [0.05, 0.1) is 5.92 Å². The van der Waals surface area contributed by atoms with Crippen molar-refractivity contribution < 1.29 is 24.2 Å². The number of ether oxygens (including phenoxy) is 1. The van der Waals surface area contributed by atoms with Gasteiger partial charge in [0.1, 0.15) is 12.6 Å². The first kappa shape index (κ1) is 20.2. The molecular weight excluding hydrogens is 360 g/mol. The fourth-order valence-corrected chi connectivity index (χ4v) is 4.32. The molecule has 2 unspecified atom stereocenters. The van der Waals surface area contributed by atoms with Gasteiger partial charge in [-0.1, -0.05) is 43.2 Å². The Morgan fingerprint density at radius 2 is 1.82 bits per heavy atom. The van der Waals surface area contributed by atoms with Crippen LogP contribution in [-0.2, 0) is 20.9 Å². The minimum Gasteiger partial charge on any atom is -0.480 e. The first-order chi connectivity index (χ1) is 13.5. The summed E-state index contributed by atoms with van der Waals surface area (Å²) in [5.74, 6) is -1.46. The maximum Gasteiger partial charge on any atom is 0.410 e. The van der Waals surface area contributed by atoms with Crippen LogP contribution in [0.3, 0.4) is 0 Å². The molecule has 3 rings (SSSR count). The maximum absolute atomic E-state index is 13.1. The Balaban J connectivity index is 1.65. The molecule has 7 heteroatoms. The van der Waals surface area contributed by atoms with Crippen molar-refractivity contribution in [1.82, 2.24) is 9.80 Å². The van der Waals surface area contributed by atoms with Gasteiger partial charge < -0.3 is 19.6 Å². The number of carboxylic acid groups (broad SMARTS) is 1. The lowest BCUT2D eigenvalue weighted by molar-refractivity contribution is -0.151. The SMILES string of the molecule is CN(C(=O)OCc1ccccc1)C1CCCCC1C(=O)N1CCC[C@H]1C(=O)O. The van der Waals surface area contributed by atoms with E-state index >= 15 is 0 Å². The van der Waals surface area contributed by atoms with Crippen molar-refractivity contribution in [3.8, 4) is 0 Å². The van der Waals surface area contributed by atoms with E-state index in [-0.39, 0.29) is 24.5 Å². The van der Waals surface area contributed by atoms with Gasteiger partial charge in [-0.05, 0) is 31.2 Å². The zero-order chi connectivity index (χ0) is 20.1. The molecule has 0 radical (unpaired) electrons. The lowest BCUT2D eigenvalue weighted by Crippen LogP contribution is -2.52. The van der Waals surface area contributed by atoms with Gasteiger partial charge in [0.15, 0.2) is 0 Å². The van der Waals surface area contributed by atoms with E-state index < -0.39 is 18.1 Å². The van der Waals surface area contributed by atoms with E-state index in [4.69, 9.17) is 4.74 Å². The number of nitrogens with zero attached hydrogens (tertiary/aromatic N) is 2. The van der Waals surface area contributed by atoms with Crippen LogP contribution in [0.2, 0.25) is 0 Å². The van der Waals surface area contributed by atoms with E-state index in [1.54, 1.807) is 7.05 Å². The fourth-order valence-electron chi connectivity index (χ4n) is 4.32. The van der Waals surface area contributed by atoms with E-state index in [1.165, 1.54) is 9.80 Å². The van der Waals surface area contributed by atoms with Crippen molar-refractivity contribution in [2.45, 2.75) is 57.2 Å². The largest absolute Gasteiger partial charge is 0.480 e. The average molecular weight is 388 g/mol. The third-order valence-electron chi connectivity index (χ3n) is 5.86. The first-order valence-corrected chi connectivity index (χ1v) is 9.96. The van der Waals surface area contributed by atoms with Crippen molar-refractivity contribution in [3.63, 3.8) is 0 Å². The zero-order valence-electron chi connectivity index (χ0n) is 16.3. The molecular formula is C21H28N2O5. The highest BCUT2D eigenvalue weighted by molar-refractivity contribution is 5.86. The molecule has 7 nitrogen and oxygen atoms in total. The van der Waals surface area contributed by atoms with Crippen molar-refractivity contribution in [2.24, 2.45) is 5.92 Å². The van der Waals surface area contributed by atoms with Crippen LogP contribution >= 0.6 is 0 Å². The molecule has 2 aliphatic rings. The molecule has 0 aromatic heterocycles. The van der Waals surface area contributed by atoms with E-state index in [2.05, 4.69) is 0 Å². The molecule has 2 amide bonds. The van der Waals surface area contributed by atoms with Crippen LogP contribution in [0.25, 0.3) is 0 Å². The van der Waals surface area contributed by atoms with E-state index in [9.17, 15) is 19.5 Å². The van der Waals surface area contributed by atoms with Gasteiger partial charge in [-0.25, -0.2) is 9.59 Å². The van der Waals surface area contributed by atoms with E-state index in [0.29, 0.717) is 25.8 Å². The van der Waals surface area contributed by atoms with Crippen LogP contribution in [0.15, 0.2) is 30.3 Å². The Bertz CT molecular complexity index is 708. The molecule has 1 saturated heterocycles. The summed E-state index contributed by atoms with van der Waals surface area (Å²) in [6.07, 6.45) is 3.98. The number of carbonyl (C=O) groups is 3. The van der Waals surface area contributed by atoms with Gasteiger partial charge in [-0.2, -0.15) is 0 Å². The number of carbonyl (C=O) groups excluding carboxylic acids is 2. The number of benzene rings is 1. The highest BCUT2D eigenvalue weighted by atomic mass is 16.6. The number of hydrogen-bond acceptors (Lipinski definition) is 4. The number of carboxylic acids is 1. The Morgan fingerprint density at radius 1 is 1.11 bits per heavy atom. The number of likely N-dealkylation sites (tertiary alicyclic amines) is 1. The summed E-state index contributed by atoms with van der Waals surface area (Å²) in [6, 6.07) is 8.44. The molecule has 1 N–H and O–H groups in total. The summed E-state index contributed by atoms with van der Waals surface area (Å²) in [4.78, 5) is 40.2. The number of amides is 2. The molecule has 1 aliphatic heterocycles. The zero-order valence-corrected chi connectivity index (χ0v) is 16.3. The molecule has 3 atom stereocenters. The fraction of sp³-hybridized carbons (Fsp3) is 0.571. The topological polar surface area (TPSA) is 87.2 Å². The lowest BCUT2D eigenvalue weighted by Gasteiger charge is -2.38. The third kappa shape index (κ3) is 4.46. The maximum atomic E-state index is 13.1. The summed E-state index contributed by atoms with van der Waals surface area (Å²) < 4.78 is 5.42. The molecule has 2 fully saturated rings.